The molecular weight excluding hydrogens is 254 g/mol. The third-order valence-corrected chi connectivity index (χ3v) is 3.44. The summed E-state index contributed by atoms with van der Waals surface area (Å²) in [7, 11) is 1.65. The van der Waals surface area contributed by atoms with E-state index in [-0.39, 0.29) is 0 Å². The lowest BCUT2D eigenvalue weighted by molar-refractivity contribution is 0.129. The molecule has 0 aliphatic heterocycles. The van der Waals surface area contributed by atoms with Crippen molar-refractivity contribution >= 4 is 0 Å². The summed E-state index contributed by atoms with van der Waals surface area (Å²) >= 11 is 0. The molecule has 114 valence electrons. The van der Waals surface area contributed by atoms with Crippen LogP contribution in [0.3, 0.4) is 0 Å². The number of aliphatic hydroxyl groups is 1. The maximum Gasteiger partial charge on any atom is 0.125 e. The van der Waals surface area contributed by atoms with Crippen LogP contribution < -0.4 is 4.74 Å². The molecule has 0 spiro atoms. The van der Waals surface area contributed by atoms with Gasteiger partial charge in [0.25, 0.3) is 0 Å². The molecule has 0 heterocycles. The van der Waals surface area contributed by atoms with Crippen molar-refractivity contribution in [3.05, 3.63) is 29.8 Å². The van der Waals surface area contributed by atoms with Crippen molar-refractivity contribution in [2.75, 3.05) is 40.0 Å². The second-order valence-corrected chi connectivity index (χ2v) is 4.71. The summed E-state index contributed by atoms with van der Waals surface area (Å²) in [6.45, 7) is 8.22. The van der Waals surface area contributed by atoms with Gasteiger partial charge in [-0.1, -0.05) is 32.0 Å². The Balaban J connectivity index is 2.59. The van der Waals surface area contributed by atoms with Gasteiger partial charge in [0.1, 0.15) is 12.4 Å². The van der Waals surface area contributed by atoms with E-state index in [1.54, 1.807) is 7.11 Å². The van der Waals surface area contributed by atoms with Crippen molar-refractivity contribution in [2.45, 2.75) is 26.4 Å². The van der Waals surface area contributed by atoms with Gasteiger partial charge in [-0.15, -0.1) is 0 Å². The molecule has 1 unspecified atom stereocenters. The Hall–Kier alpha value is -1.10. The molecule has 0 aliphatic carbocycles. The van der Waals surface area contributed by atoms with E-state index in [2.05, 4.69) is 18.7 Å². The van der Waals surface area contributed by atoms with Crippen LogP contribution in [0.15, 0.2) is 24.3 Å². The van der Waals surface area contributed by atoms with Gasteiger partial charge >= 0.3 is 0 Å². The average Bonchev–Trinajstić information content (AvgIpc) is 2.49. The van der Waals surface area contributed by atoms with E-state index >= 15 is 0 Å². The number of aliphatic hydroxyl groups excluding tert-OH is 1. The van der Waals surface area contributed by atoms with E-state index in [0.717, 1.165) is 30.9 Å². The van der Waals surface area contributed by atoms with E-state index in [9.17, 15) is 5.11 Å². The van der Waals surface area contributed by atoms with Crippen molar-refractivity contribution in [1.82, 2.24) is 4.90 Å². The fraction of sp³-hybridized carbons (Fsp3) is 0.625. The molecule has 1 N–H and O–H groups in total. The van der Waals surface area contributed by atoms with Crippen LogP contribution in [-0.2, 0) is 4.74 Å². The Morgan fingerprint density at radius 2 is 1.85 bits per heavy atom. The highest BCUT2D eigenvalue weighted by atomic mass is 16.5. The molecule has 0 saturated carbocycles. The van der Waals surface area contributed by atoms with Crippen LogP contribution in [0.5, 0.6) is 5.75 Å². The molecule has 0 fully saturated rings. The number of para-hydroxylation sites is 1. The fourth-order valence-electron chi connectivity index (χ4n) is 2.12. The van der Waals surface area contributed by atoms with Crippen LogP contribution in [0, 0.1) is 0 Å². The van der Waals surface area contributed by atoms with Gasteiger partial charge < -0.3 is 19.5 Å². The van der Waals surface area contributed by atoms with E-state index in [4.69, 9.17) is 9.47 Å². The predicted octanol–water partition coefficient (Wildman–Crippen LogP) is 2.48. The minimum atomic E-state index is -0.491. The monoisotopic (exact) mass is 281 g/mol. The molecule has 0 aromatic heterocycles. The van der Waals surface area contributed by atoms with Crippen molar-refractivity contribution < 1.29 is 14.6 Å². The highest BCUT2D eigenvalue weighted by molar-refractivity contribution is 5.35. The third kappa shape index (κ3) is 5.49. The van der Waals surface area contributed by atoms with Crippen LogP contribution >= 0.6 is 0 Å². The summed E-state index contributed by atoms with van der Waals surface area (Å²) in [5.74, 6) is 0.747. The summed E-state index contributed by atoms with van der Waals surface area (Å²) in [6, 6.07) is 7.67. The fourth-order valence-corrected chi connectivity index (χ4v) is 2.12. The lowest BCUT2D eigenvalue weighted by Gasteiger charge is -2.21. The van der Waals surface area contributed by atoms with Gasteiger partial charge in [0.15, 0.2) is 0 Å². The zero-order valence-electron chi connectivity index (χ0n) is 12.8. The maximum atomic E-state index is 10.4. The number of nitrogens with zero attached hydrogens (tertiary/aromatic N) is 1. The Morgan fingerprint density at radius 3 is 2.50 bits per heavy atom. The SMILES string of the molecule is CCN(CC)CCC(O)c1ccccc1OCCOC. The summed E-state index contributed by atoms with van der Waals surface area (Å²) in [5.41, 5.74) is 0.857. The minimum Gasteiger partial charge on any atom is -0.491 e. The molecule has 0 aliphatic rings. The molecule has 1 aromatic carbocycles. The molecule has 0 amide bonds. The highest BCUT2D eigenvalue weighted by Gasteiger charge is 2.14. The molecule has 1 atom stereocenters. The van der Waals surface area contributed by atoms with Crippen molar-refractivity contribution in [2.24, 2.45) is 0 Å². The van der Waals surface area contributed by atoms with Gasteiger partial charge in [0.05, 0.1) is 12.7 Å². The first kappa shape index (κ1) is 17.0. The summed E-state index contributed by atoms with van der Waals surface area (Å²) in [5, 5.41) is 10.4. The number of rotatable bonds is 10. The molecule has 0 saturated heterocycles. The van der Waals surface area contributed by atoms with Crippen LogP contribution in [-0.4, -0.2) is 50.0 Å². The van der Waals surface area contributed by atoms with E-state index in [1.807, 2.05) is 24.3 Å². The summed E-state index contributed by atoms with van der Waals surface area (Å²) in [4.78, 5) is 2.30. The topological polar surface area (TPSA) is 41.9 Å². The smallest absolute Gasteiger partial charge is 0.125 e. The minimum absolute atomic E-state index is 0.491. The predicted molar refractivity (Wildman–Crippen MR) is 81.2 cm³/mol. The maximum absolute atomic E-state index is 10.4. The first-order chi connectivity index (χ1) is 9.72. The lowest BCUT2D eigenvalue weighted by atomic mass is 10.1. The van der Waals surface area contributed by atoms with Crippen molar-refractivity contribution in [3.8, 4) is 5.75 Å². The standard InChI is InChI=1S/C16H27NO3/c1-4-17(5-2)11-10-15(18)14-8-6-7-9-16(14)20-13-12-19-3/h6-9,15,18H,4-5,10-13H2,1-3H3. The van der Waals surface area contributed by atoms with Crippen LogP contribution in [0.4, 0.5) is 0 Å². The Bertz CT molecular complexity index is 366. The van der Waals surface area contributed by atoms with Gasteiger partial charge in [-0.3, -0.25) is 0 Å². The number of hydrogen-bond donors (Lipinski definition) is 1. The van der Waals surface area contributed by atoms with Crippen LogP contribution in [0.25, 0.3) is 0 Å². The molecule has 20 heavy (non-hydrogen) atoms. The largest absolute Gasteiger partial charge is 0.491 e. The summed E-state index contributed by atoms with van der Waals surface area (Å²) in [6.07, 6.45) is 0.223. The molecule has 4 nitrogen and oxygen atoms in total. The Labute approximate surface area is 122 Å². The second kappa shape index (κ2) is 9.75. The van der Waals surface area contributed by atoms with Gasteiger partial charge in [0, 0.05) is 19.2 Å². The number of methoxy groups -OCH3 is 1. The highest BCUT2D eigenvalue weighted by Crippen LogP contribution is 2.27. The number of ether oxygens (including phenoxy) is 2. The van der Waals surface area contributed by atoms with Gasteiger partial charge in [-0.25, -0.2) is 0 Å². The summed E-state index contributed by atoms with van der Waals surface area (Å²) < 4.78 is 10.6. The molecular formula is C16H27NO3. The molecule has 1 rings (SSSR count). The first-order valence-electron chi connectivity index (χ1n) is 7.34. The quantitative estimate of drug-likeness (QED) is 0.669. The van der Waals surface area contributed by atoms with Crippen LogP contribution in [0.1, 0.15) is 31.9 Å². The van der Waals surface area contributed by atoms with E-state index in [1.165, 1.54) is 0 Å². The Kier molecular flexibility index (Phi) is 8.26. The normalized spacial score (nSPS) is 12.7. The van der Waals surface area contributed by atoms with E-state index in [0.29, 0.717) is 19.6 Å². The molecule has 4 heteroatoms. The third-order valence-electron chi connectivity index (χ3n) is 3.44. The van der Waals surface area contributed by atoms with Gasteiger partial charge in [0.2, 0.25) is 0 Å². The molecule has 1 aromatic rings. The zero-order chi connectivity index (χ0) is 14.8. The number of benzene rings is 1. The second-order valence-electron chi connectivity index (χ2n) is 4.71. The Morgan fingerprint density at radius 1 is 1.15 bits per heavy atom. The van der Waals surface area contributed by atoms with Gasteiger partial charge in [-0.2, -0.15) is 0 Å². The average molecular weight is 281 g/mol. The zero-order valence-corrected chi connectivity index (χ0v) is 12.8. The van der Waals surface area contributed by atoms with Crippen molar-refractivity contribution in [3.63, 3.8) is 0 Å². The number of hydrogen-bond acceptors (Lipinski definition) is 4. The molecule has 0 bridgehead atoms. The lowest BCUT2D eigenvalue weighted by Crippen LogP contribution is -2.25. The first-order valence-corrected chi connectivity index (χ1v) is 7.34. The van der Waals surface area contributed by atoms with E-state index < -0.39 is 6.10 Å². The molecule has 0 radical (unpaired) electrons. The van der Waals surface area contributed by atoms with Crippen LogP contribution in [0.2, 0.25) is 0 Å². The van der Waals surface area contributed by atoms with Gasteiger partial charge in [-0.05, 0) is 25.6 Å². The van der Waals surface area contributed by atoms with Crippen molar-refractivity contribution in [1.29, 1.82) is 0 Å².